The van der Waals surface area contributed by atoms with Crippen molar-refractivity contribution in [2.45, 2.75) is 39.5 Å². The van der Waals surface area contributed by atoms with Gasteiger partial charge >= 0.3 is 0 Å². The fraction of sp³-hybridized carbons (Fsp3) is 0.643. The smallest absolute Gasteiger partial charge is 0.214 e. The minimum atomic E-state index is 0.0413. The van der Waals surface area contributed by atoms with E-state index >= 15 is 0 Å². The number of nitrogens with zero attached hydrogens (tertiary/aromatic N) is 4. The number of hydrogen-bond acceptors (Lipinski definition) is 5. The van der Waals surface area contributed by atoms with Gasteiger partial charge in [0.1, 0.15) is 5.78 Å². The van der Waals surface area contributed by atoms with Gasteiger partial charge in [-0.2, -0.15) is 0 Å². The zero-order chi connectivity index (χ0) is 14.5. The zero-order valence-corrected chi connectivity index (χ0v) is 13.2. The molecule has 0 N–H and O–H groups in total. The van der Waals surface area contributed by atoms with Crippen LogP contribution in [-0.4, -0.2) is 33.5 Å². The van der Waals surface area contributed by atoms with Crippen LogP contribution < -0.4 is 4.90 Å². The van der Waals surface area contributed by atoms with Gasteiger partial charge in [0.2, 0.25) is 10.1 Å². The van der Waals surface area contributed by atoms with Crippen LogP contribution in [0.4, 0.5) is 5.13 Å². The van der Waals surface area contributed by atoms with Crippen molar-refractivity contribution < 1.29 is 4.79 Å². The van der Waals surface area contributed by atoms with Crippen LogP contribution in [0.3, 0.4) is 0 Å². The largest absolute Gasteiger partial charge is 0.346 e. The van der Waals surface area contributed by atoms with Crippen molar-refractivity contribution >= 4 is 27.2 Å². The van der Waals surface area contributed by atoms with E-state index in [0.717, 1.165) is 28.9 Å². The maximum Gasteiger partial charge on any atom is 0.214 e. The fourth-order valence-corrected chi connectivity index (χ4v) is 3.29. The lowest BCUT2D eigenvalue weighted by atomic mass is 9.93. The van der Waals surface area contributed by atoms with Crippen LogP contribution in [-0.2, 0) is 10.2 Å². The Bertz CT molecular complexity index is 620. The molecule has 0 amide bonds. The highest BCUT2D eigenvalue weighted by Crippen LogP contribution is 2.29. The first kappa shape index (κ1) is 13.5. The summed E-state index contributed by atoms with van der Waals surface area (Å²) in [6.07, 6.45) is 2.63. The van der Waals surface area contributed by atoms with E-state index in [9.17, 15) is 4.79 Å². The molecule has 108 valence electrons. The van der Waals surface area contributed by atoms with Crippen LogP contribution in [0.15, 0.2) is 6.20 Å². The molecular weight excluding hydrogens is 272 g/mol. The predicted molar refractivity (Wildman–Crippen MR) is 80.6 cm³/mol. The van der Waals surface area contributed by atoms with Crippen LogP contribution in [0.5, 0.6) is 0 Å². The van der Waals surface area contributed by atoms with Crippen molar-refractivity contribution in [3.8, 4) is 0 Å². The lowest BCUT2D eigenvalue weighted by molar-refractivity contribution is -0.122. The Morgan fingerprint density at radius 3 is 2.75 bits per heavy atom. The highest BCUT2D eigenvalue weighted by atomic mass is 32.1. The predicted octanol–water partition coefficient (Wildman–Crippen LogP) is 2.50. The molecule has 2 aromatic heterocycles. The minimum Gasteiger partial charge on any atom is -0.346 e. The first-order valence-corrected chi connectivity index (χ1v) is 7.80. The number of ketones is 1. The van der Waals surface area contributed by atoms with Gasteiger partial charge in [0, 0.05) is 30.8 Å². The average molecular weight is 292 g/mol. The number of anilines is 1. The Hall–Kier alpha value is -1.43. The summed E-state index contributed by atoms with van der Waals surface area (Å²) in [5, 5.41) is 5.58. The molecule has 3 heterocycles. The van der Waals surface area contributed by atoms with Gasteiger partial charge in [-0.05, 0) is 0 Å². The van der Waals surface area contributed by atoms with Crippen LogP contribution in [0.2, 0.25) is 0 Å². The maximum absolute atomic E-state index is 11.6. The SMILES string of the molecule is CC1CN(c2nn3cc(C(C)(C)C)nc3s2)CCC1=O. The molecule has 0 spiro atoms. The molecule has 1 fully saturated rings. The van der Waals surface area contributed by atoms with Crippen molar-refractivity contribution in [1.82, 2.24) is 14.6 Å². The van der Waals surface area contributed by atoms with Crippen molar-refractivity contribution in [1.29, 1.82) is 0 Å². The van der Waals surface area contributed by atoms with Crippen molar-refractivity contribution in [2.24, 2.45) is 5.92 Å². The zero-order valence-electron chi connectivity index (χ0n) is 12.4. The molecule has 2 aromatic rings. The second-order valence-electron chi connectivity index (χ2n) is 6.55. The summed E-state index contributed by atoms with van der Waals surface area (Å²) in [4.78, 5) is 19.4. The number of aromatic nitrogens is 3. The summed E-state index contributed by atoms with van der Waals surface area (Å²) in [6.45, 7) is 9.98. The van der Waals surface area contributed by atoms with E-state index in [1.165, 1.54) is 0 Å². The lowest BCUT2D eigenvalue weighted by Crippen LogP contribution is -2.39. The maximum atomic E-state index is 11.6. The molecule has 20 heavy (non-hydrogen) atoms. The highest BCUT2D eigenvalue weighted by Gasteiger charge is 2.26. The van der Waals surface area contributed by atoms with E-state index in [1.54, 1.807) is 11.3 Å². The van der Waals surface area contributed by atoms with Crippen LogP contribution in [0.1, 0.15) is 39.8 Å². The van der Waals surface area contributed by atoms with E-state index in [4.69, 9.17) is 0 Å². The fourth-order valence-electron chi connectivity index (χ4n) is 2.37. The standard InChI is InChI=1S/C14H20N4OS/c1-9-7-17(6-5-10(9)19)13-16-18-8-11(14(2,3)4)15-12(18)20-13/h8-9H,5-7H2,1-4H3. The van der Waals surface area contributed by atoms with Gasteiger partial charge in [0.05, 0.1) is 11.9 Å². The lowest BCUT2D eigenvalue weighted by Gasteiger charge is -2.29. The van der Waals surface area contributed by atoms with Gasteiger partial charge in [0.15, 0.2) is 0 Å². The van der Waals surface area contributed by atoms with E-state index in [1.807, 2.05) is 17.6 Å². The number of piperidine rings is 1. The van der Waals surface area contributed by atoms with Gasteiger partial charge in [-0.15, -0.1) is 5.10 Å². The molecule has 1 aliphatic heterocycles. The molecule has 1 aliphatic rings. The van der Waals surface area contributed by atoms with Gasteiger partial charge in [0.25, 0.3) is 0 Å². The molecule has 1 saturated heterocycles. The second kappa shape index (κ2) is 4.55. The molecule has 5 nitrogen and oxygen atoms in total. The Morgan fingerprint density at radius 2 is 2.15 bits per heavy atom. The van der Waals surface area contributed by atoms with Crippen LogP contribution >= 0.6 is 11.3 Å². The molecule has 1 atom stereocenters. The number of rotatable bonds is 1. The van der Waals surface area contributed by atoms with Gasteiger partial charge < -0.3 is 4.90 Å². The molecule has 1 unspecified atom stereocenters. The summed E-state index contributed by atoms with van der Waals surface area (Å²) in [6, 6.07) is 0. The van der Waals surface area contributed by atoms with Gasteiger partial charge in [-0.3, -0.25) is 4.79 Å². The van der Waals surface area contributed by atoms with Crippen LogP contribution in [0.25, 0.3) is 4.96 Å². The first-order chi connectivity index (χ1) is 9.34. The molecule has 0 aliphatic carbocycles. The van der Waals surface area contributed by atoms with Crippen LogP contribution in [0, 0.1) is 5.92 Å². The van der Waals surface area contributed by atoms with E-state index in [0.29, 0.717) is 12.2 Å². The summed E-state index contributed by atoms with van der Waals surface area (Å²) >= 11 is 1.60. The second-order valence-corrected chi connectivity index (χ2v) is 7.49. The van der Waals surface area contributed by atoms with Crippen molar-refractivity contribution in [3.05, 3.63) is 11.9 Å². The monoisotopic (exact) mass is 292 g/mol. The Labute approximate surface area is 122 Å². The molecule has 6 heteroatoms. The number of hydrogen-bond donors (Lipinski definition) is 0. The molecule has 0 aromatic carbocycles. The summed E-state index contributed by atoms with van der Waals surface area (Å²) in [7, 11) is 0. The quantitative estimate of drug-likeness (QED) is 0.810. The third kappa shape index (κ3) is 2.32. The number of carbonyl (C=O) groups is 1. The van der Waals surface area contributed by atoms with Crippen molar-refractivity contribution in [2.75, 3.05) is 18.0 Å². The third-order valence-electron chi connectivity index (χ3n) is 3.74. The average Bonchev–Trinajstić information content (AvgIpc) is 2.89. The topological polar surface area (TPSA) is 50.5 Å². The number of fused-ring (bicyclic) bond motifs is 1. The Morgan fingerprint density at radius 1 is 1.40 bits per heavy atom. The van der Waals surface area contributed by atoms with Gasteiger partial charge in [-0.1, -0.05) is 39.0 Å². The molecular formula is C14H20N4OS. The molecule has 0 radical (unpaired) electrons. The van der Waals surface area contributed by atoms with Gasteiger partial charge in [-0.25, -0.2) is 9.50 Å². The number of imidazole rings is 1. The normalized spacial score (nSPS) is 20.9. The summed E-state index contributed by atoms with van der Waals surface area (Å²) in [5.41, 5.74) is 1.10. The first-order valence-electron chi connectivity index (χ1n) is 6.99. The molecule has 3 rings (SSSR count). The summed E-state index contributed by atoms with van der Waals surface area (Å²) < 4.78 is 1.86. The summed E-state index contributed by atoms with van der Waals surface area (Å²) in [5.74, 6) is 0.461. The Kier molecular flexibility index (Phi) is 3.08. The third-order valence-corrected chi connectivity index (χ3v) is 4.73. The minimum absolute atomic E-state index is 0.0413. The molecule has 0 saturated carbocycles. The number of Topliss-reactive ketones (excluding diaryl/α,β-unsaturated/α-hetero) is 1. The van der Waals surface area contributed by atoms with Crippen molar-refractivity contribution in [3.63, 3.8) is 0 Å². The highest BCUT2D eigenvalue weighted by molar-refractivity contribution is 7.20. The Balaban J connectivity index is 1.87. The van der Waals surface area contributed by atoms with E-state index in [-0.39, 0.29) is 11.3 Å². The number of carbonyl (C=O) groups excluding carboxylic acids is 1. The van der Waals surface area contributed by atoms with E-state index in [2.05, 4.69) is 35.8 Å². The van der Waals surface area contributed by atoms with E-state index < -0.39 is 0 Å². The molecule has 0 bridgehead atoms.